The van der Waals surface area contributed by atoms with Crippen LogP contribution < -0.4 is 0 Å². The Morgan fingerprint density at radius 3 is 2.33 bits per heavy atom. The van der Waals surface area contributed by atoms with Gasteiger partial charge in [0.25, 0.3) is 0 Å². The predicted molar refractivity (Wildman–Crippen MR) is 66.8 cm³/mol. The van der Waals surface area contributed by atoms with Crippen molar-refractivity contribution >= 4 is 0 Å². The van der Waals surface area contributed by atoms with E-state index in [0.29, 0.717) is 0 Å². The van der Waals surface area contributed by atoms with Gasteiger partial charge in [-0.25, -0.2) is 0 Å². The normalized spacial score (nSPS) is 30.5. The predicted octanol–water partition coefficient (Wildman–Crippen LogP) is 4.87. The van der Waals surface area contributed by atoms with E-state index in [-0.39, 0.29) is 0 Å². The van der Waals surface area contributed by atoms with Crippen molar-refractivity contribution in [1.29, 1.82) is 0 Å². The number of allylic oxidation sites excluding steroid dienone is 4. The number of hydrogen-bond acceptors (Lipinski definition) is 0. The third-order valence-corrected chi connectivity index (χ3v) is 4.43. The van der Waals surface area contributed by atoms with Crippen molar-refractivity contribution in [1.82, 2.24) is 0 Å². The van der Waals surface area contributed by atoms with Gasteiger partial charge in [-0.1, -0.05) is 50.8 Å². The Morgan fingerprint density at radius 2 is 1.73 bits per heavy atom. The molecule has 2 unspecified atom stereocenters. The minimum absolute atomic E-state index is 0.959. The maximum Gasteiger partial charge on any atom is -0.00994 e. The van der Waals surface area contributed by atoms with Gasteiger partial charge in [0.1, 0.15) is 0 Å². The van der Waals surface area contributed by atoms with E-state index in [0.717, 1.165) is 11.8 Å². The van der Waals surface area contributed by atoms with Crippen LogP contribution >= 0.6 is 0 Å². The molecule has 0 heteroatoms. The zero-order valence-corrected chi connectivity index (χ0v) is 10.5. The summed E-state index contributed by atoms with van der Waals surface area (Å²) < 4.78 is 0. The molecule has 2 atom stereocenters. The standard InChI is InChI=1S/C15H24/c1-4-11-7-14-9-12(5-2)13(6-3)10-15(14)8-11/h7,12-13H,4-6,8-10H2,1-3H3. The summed E-state index contributed by atoms with van der Waals surface area (Å²) in [4.78, 5) is 0. The molecule has 2 aliphatic carbocycles. The molecule has 0 amide bonds. The van der Waals surface area contributed by atoms with Crippen molar-refractivity contribution in [2.24, 2.45) is 11.8 Å². The zero-order valence-electron chi connectivity index (χ0n) is 10.5. The van der Waals surface area contributed by atoms with E-state index < -0.39 is 0 Å². The first-order chi connectivity index (χ1) is 7.28. The van der Waals surface area contributed by atoms with Gasteiger partial charge in [-0.05, 0) is 43.1 Å². The molecule has 0 aromatic rings. The molecule has 0 saturated carbocycles. The highest BCUT2D eigenvalue weighted by Gasteiger charge is 2.29. The molecule has 0 radical (unpaired) electrons. The van der Waals surface area contributed by atoms with E-state index in [4.69, 9.17) is 0 Å². The van der Waals surface area contributed by atoms with E-state index >= 15 is 0 Å². The molecule has 0 bridgehead atoms. The Bertz CT molecular complexity index is 293. The molecular weight excluding hydrogens is 180 g/mol. The van der Waals surface area contributed by atoms with Gasteiger partial charge in [0.05, 0.1) is 0 Å². The maximum atomic E-state index is 2.50. The highest BCUT2D eigenvalue weighted by atomic mass is 14.3. The van der Waals surface area contributed by atoms with E-state index in [1.54, 1.807) is 16.7 Å². The monoisotopic (exact) mass is 204 g/mol. The Kier molecular flexibility index (Phi) is 3.33. The van der Waals surface area contributed by atoms with Crippen LogP contribution in [0.2, 0.25) is 0 Å². The topological polar surface area (TPSA) is 0 Å². The summed E-state index contributed by atoms with van der Waals surface area (Å²) in [7, 11) is 0. The fraction of sp³-hybridized carbons (Fsp3) is 0.733. The van der Waals surface area contributed by atoms with Crippen LogP contribution in [0.4, 0.5) is 0 Å². The Labute approximate surface area is 94.5 Å². The first-order valence-corrected chi connectivity index (χ1v) is 6.68. The van der Waals surface area contributed by atoms with Crippen LogP contribution in [0.25, 0.3) is 0 Å². The highest BCUT2D eigenvalue weighted by molar-refractivity contribution is 5.41. The fourth-order valence-electron chi connectivity index (χ4n) is 3.31. The summed E-state index contributed by atoms with van der Waals surface area (Å²) in [6.07, 6.45) is 10.6. The third kappa shape index (κ3) is 2.04. The quantitative estimate of drug-likeness (QED) is 0.615. The van der Waals surface area contributed by atoms with Crippen molar-refractivity contribution in [3.8, 4) is 0 Å². The largest absolute Gasteiger partial charge is 0.0661 e. The fourth-order valence-corrected chi connectivity index (χ4v) is 3.31. The molecule has 0 spiro atoms. The van der Waals surface area contributed by atoms with Crippen LogP contribution in [0.1, 0.15) is 59.3 Å². The lowest BCUT2D eigenvalue weighted by atomic mass is 9.74. The van der Waals surface area contributed by atoms with Crippen LogP contribution in [0, 0.1) is 11.8 Å². The molecule has 0 heterocycles. The van der Waals surface area contributed by atoms with Crippen LogP contribution in [-0.4, -0.2) is 0 Å². The van der Waals surface area contributed by atoms with Gasteiger partial charge >= 0.3 is 0 Å². The Hall–Kier alpha value is -0.520. The lowest BCUT2D eigenvalue weighted by molar-refractivity contribution is 0.292. The van der Waals surface area contributed by atoms with Gasteiger partial charge in [0.2, 0.25) is 0 Å². The van der Waals surface area contributed by atoms with Crippen LogP contribution in [0.5, 0.6) is 0 Å². The summed E-state index contributed by atoms with van der Waals surface area (Å²) >= 11 is 0. The molecule has 0 aliphatic heterocycles. The van der Waals surface area contributed by atoms with Crippen molar-refractivity contribution < 1.29 is 0 Å². The van der Waals surface area contributed by atoms with Gasteiger partial charge < -0.3 is 0 Å². The van der Waals surface area contributed by atoms with E-state index in [1.807, 2.05) is 0 Å². The van der Waals surface area contributed by atoms with Gasteiger partial charge in [-0.3, -0.25) is 0 Å². The summed E-state index contributed by atoms with van der Waals surface area (Å²) in [5, 5.41) is 0. The summed E-state index contributed by atoms with van der Waals surface area (Å²) in [5.41, 5.74) is 5.17. The molecule has 0 nitrogen and oxygen atoms in total. The third-order valence-electron chi connectivity index (χ3n) is 4.43. The zero-order chi connectivity index (χ0) is 10.8. The first-order valence-electron chi connectivity index (χ1n) is 6.68. The van der Waals surface area contributed by atoms with Gasteiger partial charge in [-0.2, -0.15) is 0 Å². The maximum absolute atomic E-state index is 2.50. The van der Waals surface area contributed by atoms with Gasteiger partial charge in [-0.15, -0.1) is 0 Å². The lowest BCUT2D eigenvalue weighted by Gasteiger charge is -2.31. The molecule has 0 N–H and O–H groups in total. The van der Waals surface area contributed by atoms with Crippen molar-refractivity contribution in [2.45, 2.75) is 59.3 Å². The molecular formula is C15H24. The van der Waals surface area contributed by atoms with Crippen molar-refractivity contribution in [3.63, 3.8) is 0 Å². The van der Waals surface area contributed by atoms with Crippen molar-refractivity contribution in [2.75, 3.05) is 0 Å². The molecule has 15 heavy (non-hydrogen) atoms. The molecule has 84 valence electrons. The summed E-state index contributed by atoms with van der Waals surface area (Å²) in [6.45, 7) is 7.01. The van der Waals surface area contributed by atoms with E-state index in [2.05, 4.69) is 26.8 Å². The van der Waals surface area contributed by atoms with E-state index in [9.17, 15) is 0 Å². The second kappa shape index (κ2) is 4.55. The smallest absolute Gasteiger partial charge is 0.00994 e. The molecule has 0 saturated heterocycles. The second-order valence-electron chi connectivity index (χ2n) is 5.21. The minimum Gasteiger partial charge on any atom is -0.0661 e. The number of hydrogen-bond donors (Lipinski definition) is 0. The highest BCUT2D eigenvalue weighted by Crippen LogP contribution is 2.44. The summed E-state index contributed by atoms with van der Waals surface area (Å²) in [6, 6.07) is 0. The first kappa shape index (κ1) is 11.0. The number of rotatable bonds is 3. The molecule has 0 aromatic carbocycles. The molecule has 2 rings (SSSR count). The average Bonchev–Trinajstić information content (AvgIpc) is 2.68. The van der Waals surface area contributed by atoms with Crippen LogP contribution in [0.3, 0.4) is 0 Å². The summed E-state index contributed by atoms with van der Waals surface area (Å²) in [5.74, 6) is 1.93. The molecule has 0 fully saturated rings. The lowest BCUT2D eigenvalue weighted by Crippen LogP contribution is -2.19. The minimum atomic E-state index is 0.959. The Morgan fingerprint density at radius 1 is 1.07 bits per heavy atom. The SMILES string of the molecule is CCC1=CC2=C(C1)CC(CC)C(CC)C2. The second-order valence-corrected chi connectivity index (χ2v) is 5.21. The van der Waals surface area contributed by atoms with Crippen molar-refractivity contribution in [3.05, 3.63) is 22.8 Å². The molecule has 2 aliphatic rings. The van der Waals surface area contributed by atoms with Gasteiger partial charge in [0, 0.05) is 0 Å². The molecule has 0 aromatic heterocycles. The van der Waals surface area contributed by atoms with Crippen LogP contribution in [0.15, 0.2) is 22.8 Å². The average molecular weight is 204 g/mol. The van der Waals surface area contributed by atoms with E-state index in [1.165, 1.54) is 38.5 Å². The van der Waals surface area contributed by atoms with Crippen LogP contribution in [-0.2, 0) is 0 Å². The Balaban J connectivity index is 2.11. The van der Waals surface area contributed by atoms with Gasteiger partial charge in [0.15, 0.2) is 0 Å².